The van der Waals surface area contributed by atoms with E-state index in [1.807, 2.05) is 24.3 Å². The minimum atomic E-state index is -0.207. The van der Waals surface area contributed by atoms with Gasteiger partial charge in [0.25, 0.3) is 0 Å². The van der Waals surface area contributed by atoms with E-state index in [2.05, 4.69) is 46.0 Å². The summed E-state index contributed by atoms with van der Waals surface area (Å²) in [6.07, 6.45) is 18.5. The van der Waals surface area contributed by atoms with Crippen LogP contribution in [0.25, 0.3) is 11.1 Å². The Hall–Kier alpha value is -4.13. The number of nitrogens with one attached hydrogen (secondary N) is 2. The number of rotatable bonds is 17. The molecule has 2 heterocycles. The van der Waals surface area contributed by atoms with E-state index in [-0.39, 0.29) is 18.8 Å². The van der Waals surface area contributed by atoms with Gasteiger partial charge in [-0.25, -0.2) is 0 Å². The van der Waals surface area contributed by atoms with Gasteiger partial charge in [-0.2, -0.15) is 5.26 Å². The molecule has 0 spiro atoms. The van der Waals surface area contributed by atoms with Crippen LogP contribution in [0.2, 0.25) is 10.0 Å². The van der Waals surface area contributed by atoms with E-state index in [0.29, 0.717) is 72.0 Å². The van der Waals surface area contributed by atoms with Crippen molar-refractivity contribution in [1.29, 1.82) is 5.26 Å². The third-order valence-electron chi connectivity index (χ3n) is 11.7. The largest absolute Gasteiger partial charge is 0.492 e. The van der Waals surface area contributed by atoms with Crippen molar-refractivity contribution >= 4 is 29.0 Å². The lowest BCUT2D eigenvalue weighted by molar-refractivity contribution is -0.118. The van der Waals surface area contributed by atoms with Crippen molar-refractivity contribution in [3.63, 3.8) is 0 Å². The highest BCUT2D eigenvalue weighted by Gasteiger charge is 2.29. The molecular weight excluding hydrogens is 755 g/mol. The maximum atomic E-state index is 11.9. The van der Waals surface area contributed by atoms with Gasteiger partial charge in [0.2, 0.25) is 0 Å². The molecule has 0 radical (unpaired) electrons. The van der Waals surface area contributed by atoms with Gasteiger partial charge in [-0.05, 0) is 66.5 Å². The minimum Gasteiger partial charge on any atom is -0.492 e. The first-order valence-electron chi connectivity index (χ1n) is 20.9. The molecule has 1 aliphatic heterocycles. The molecule has 10 heteroatoms. The van der Waals surface area contributed by atoms with E-state index in [0.717, 1.165) is 65.2 Å². The van der Waals surface area contributed by atoms with Crippen LogP contribution >= 0.6 is 23.2 Å². The summed E-state index contributed by atoms with van der Waals surface area (Å²) in [5.41, 5.74) is 6.54. The van der Waals surface area contributed by atoms with Crippen molar-refractivity contribution < 1.29 is 19.0 Å². The second kappa shape index (κ2) is 20.5. The third kappa shape index (κ3) is 11.1. The highest BCUT2D eigenvalue weighted by Crippen LogP contribution is 2.45. The number of carbonyl (C=O) groups excluding carboxylic acids is 1. The van der Waals surface area contributed by atoms with Crippen LogP contribution in [0.4, 0.5) is 0 Å². The standard InChI is InChI=1S/C47H54Cl2N4O4/c48-42-24-35(29-52-30-36-16-17-37(54)20-21-53-36)45(56-31-34-23-33(26-50)27-51-28-34)25-46(42)57-43-19-18-39-38(12-7-13-40(39)43)41-14-8-15-44(47(41)49)55-22-6-2-5-11-32-9-3-1-4-10-32/h7-8,12-15,23-25,27-28,32,36,43,52-53H,1-6,9-11,16-22,29-31H2/t36-,43-/m0/s1. The molecule has 1 saturated carbocycles. The Morgan fingerprint density at radius 2 is 1.72 bits per heavy atom. The van der Waals surface area contributed by atoms with E-state index in [1.54, 1.807) is 12.3 Å². The number of fused-ring (bicyclic) bond motifs is 1. The molecule has 0 bridgehead atoms. The van der Waals surface area contributed by atoms with Gasteiger partial charge in [0.1, 0.15) is 41.8 Å². The van der Waals surface area contributed by atoms with Crippen LogP contribution < -0.4 is 24.8 Å². The number of ether oxygens (including phenoxy) is 3. The third-order valence-corrected chi connectivity index (χ3v) is 12.4. The summed E-state index contributed by atoms with van der Waals surface area (Å²) in [4.78, 5) is 16.1. The maximum absolute atomic E-state index is 11.9. The first kappa shape index (κ1) is 41.0. The van der Waals surface area contributed by atoms with E-state index >= 15 is 0 Å². The van der Waals surface area contributed by atoms with Gasteiger partial charge in [0.05, 0.1) is 22.2 Å². The summed E-state index contributed by atoms with van der Waals surface area (Å²) in [5.74, 6) is 3.14. The molecule has 1 saturated heterocycles. The molecule has 2 fully saturated rings. The van der Waals surface area contributed by atoms with E-state index in [1.165, 1.54) is 63.1 Å². The minimum absolute atomic E-state index is 0.207. The number of aromatic nitrogens is 1. The topological polar surface area (TPSA) is 106 Å². The fourth-order valence-corrected chi connectivity index (χ4v) is 9.12. The SMILES string of the molecule is N#Cc1cncc(COc2cc(O[C@H]3CCc4c(-c5cccc(OCCCCCC6CCCCC6)c5Cl)cccc43)c(Cl)cc2CNC[C@@H]2CCC(=O)CCN2)c1. The fraction of sp³-hybridized carbons (Fsp3) is 0.468. The average Bonchev–Trinajstić information content (AvgIpc) is 3.53. The lowest BCUT2D eigenvalue weighted by Crippen LogP contribution is -2.37. The zero-order valence-electron chi connectivity index (χ0n) is 32.8. The van der Waals surface area contributed by atoms with Gasteiger partial charge >= 0.3 is 0 Å². The number of unbranched alkanes of at least 4 members (excludes halogenated alkanes) is 2. The first-order valence-corrected chi connectivity index (χ1v) is 21.7. The van der Waals surface area contributed by atoms with Gasteiger partial charge in [0.15, 0.2) is 0 Å². The number of hydrogen-bond acceptors (Lipinski definition) is 8. The zero-order valence-corrected chi connectivity index (χ0v) is 34.3. The van der Waals surface area contributed by atoms with E-state index in [4.69, 9.17) is 37.4 Å². The normalized spacial score (nSPS) is 18.4. The molecule has 7 rings (SSSR count). The number of nitrogens with zero attached hydrogens (tertiary/aromatic N) is 2. The van der Waals surface area contributed by atoms with Crippen LogP contribution in [0, 0.1) is 17.2 Å². The molecule has 8 nitrogen and oxygen atoms in total. The number of hydrogen-bond donors (Lipinski definition) is 2. The quantitative estimate of drug-likeness (QED) is 0.102. The molecule has 0 unspecified atom stereocenters. The summed E-state index contributed by atoms with van der Waals surface area (Å²) in [7, 11) is 0. The van der Waals surface area contributed by atoms with Crippen molar-refractivity contribution in [3.05, 3.63) is 105 Å². The molecule has 57 heavy (non-hydrogen) atoms. The molecule has 2 aliphatic carbocycles. The van der Waals surface area contributed by atoms with Crippen LogP contribution in [0.1, 0.15) is 117 Å². The van der Waals surface area contributed by atoms with Crippen molar-refractivity contribution in [1.82, 2.24) is 15.6 Å². The summed E-state index contributed by atoms with van der Waals surface area (Å²) in [6, 6.07) is 20.3. The molecule has 1 aromatic heterocycles. The van der Waals surface area contributed by atoms with Crippen molar-refractivity contribution in [2.45, 2.75) is 115 Å². The highest BCUT2D eigenvalue weighted by atomic mass is 35.5. The van der Waals surface area contributed by atoms with Crippen LogP contribution in [-0.2, 0) is 24.4 Å². The highest BCUT2D eigenvalue weighted by molar-refractivity contribution is 6.35. The molecule has 3 aliphatic rings. The number of carbonyl (C=O) groups is 1. The summed E-state index contributed by atoms with van der Waals surface area (Å²) >= 11 is 14.0. The molecule has 2 N–H and O–H groups in total. The lowest BCUT2D eigenvalue weighted by Gasteiger charge is -2.21. The lowest BCUT2D eigenvalue weighted by atomic mass is 9.86. The van der Waals surface area contributed by atoms with Crippen LogP contribution in [0.3, 0.4) is 0 Å². The number of benzene rings is 3. The van der Waals surface area contributed by atoms with Crippen LogP contribution in [0.15, 0.2) is 67.0 Å². The van der Waals surface area contributed by atoms with Crippen molar-refractivity contribution in [2.24, 2.45) is 5.92 Å². The summed E-state index contributed by atoms with van der Waals surface area (Å²) < 4.78 is 19.4. The number of halogens is 2. The van der Waals surface area contributed by atoms with Crippen LogP contribution in [-0.4, -0.2) is 36.5 Å². The number of ketones is 1. The second-order valence-corrected chi connectivity index (χ2v) is 16.6. The zero-order chi connectivity index (χ0) is 39.4. The monoisotopic (exact) mass is 808 g/mol. The van der Waals surface area contributed by atoms with Crippen LogP contribution in [0.5, 0.6) is 17.2 Å². The van der Waals surface area contributed by atoms with Crippen molar-refractivity contribution in [3.8, 4) is 34.4 Å². The number of nitriles is 1. The predicted molar refractivity (Wildman–Crippen MR) is 226 cm³/mol. The molecule has 300 valence electrons. The maximum Gasteiger partial charge on any atom is 0.142 e. The molecular formula is C47H54Cl2N4O4. The fourth-order valence-electron chi connectivity index (χ4n) is 8.61. The molecule has 3 aromatic carbocycles. The summed E-state index contributed by atoms with van der Waals surface area (Å²) in [6.45, 7) is 2.81. The number of Topliss-reactive ketones (excluding diaryl/α,β-unsaturated/α-hetero) is 1. The molecule has 4 aromatic rings. The second-order valence-electron chi connectivity index (χ2n) is 15.8. The van der Waals surface area contributed by atoms with Gasteiger partial charge in [0, 0.05) is 73.7 Å². The smallest absolute Gasteiger partial charge is 0.142 e. The average molecular weight is 810 g/mol. The van der Waals surface area contributed by atoms with Gasteiger partial charge < -0.3 is 24.8 Å². The number of pyridine rings is 1. The molecule has 2 atom stereocenters. The Morgan fingerprint density at radius 3 is 2.60 bits per heavy atom. The van der Waals surface area contributed by atoms with Gasteiger partial charge in [-0.15, -0.1) is 0 Å². The van der Waals surface area contributed by atoms with Crippen molar-refractivity contribution in [2.75, 3.05) is 19.7 Å². The predicted octanol–water partition coefficient (Wildman–Crippen LogP) is 10.9. The van der Waals surface area contributed by atoms with E-state index < -0.39 is 0 Å². The Labute approximate surface area is 347 Å². The first-order chi connectivity index (χ1) is 27.9. The van der Waals surface area contributed by atoms with Gasteiger partial charge in [-0.3, -0.25) is 9.78 Å². The Morgan fingerprint density at radius 1 is 0.860 bits per heavy atom. The van der Waals surface area contributed by atoms with E-state index in [9.17, 15) is 10.1 Å². The van der Waals surface area contributed by atoms with Gasteiger partial charge in [-0.1, -0.05) is 105 Å². The molecule has 0 amide bonds. The summed E-state index contributed by atoms with van der Waals surface area (Å²) in [5, 5.41) is 17.5. The Kier molecular flexibility index (Phi) is 14.8. The Balaban J connectivity index is 1.03. The Bertz CT molecular complexity index is 2030.